The molecule has 1 aliphatic heterocycles. The minimum absolute atomic E-state index is 0. The molecule has 1 N–H and O–H groups in total. The molecule has 6 heteroatoms. The lowest BCUT2D eigenvalue weighted by Crippen LogP contribution is -2.51. The fourth-order valence-electron chi connectivity index (χ4n) is 3.02. The summed E-state index contributed by atoms with van der Waals surface area (Å²) in [5, 5.41) is 2.85. The summed E-state index contributed by atoms with van der Waals surface area (Å²) in [4.78, 5) is 16.1. The van der Waals surface area contributed by atoms with Gasteiger partial charge in [0.15, 0.2) is 0 Å². The van der Waals surface area contributed by atoms with E-state index >= 15 is 0 Å². The molecule has 1 heterocycles. The number of rotatable bonds is 6. The van der Waals surface area contributed by atoms with E-state index in [4.69, 9.17) is 0 Å². The highest BCUT2D eigenvalue weighted by molar-refractivity contribution is 5.85. The molecule has 1 aromatic rings. The summed E-state index contributed by atoms with van der Waals surface area (Å²) in [5.74, 6) is 0.276. The highest BCUT2D eigenvalue weighted by atomic mass is 35.5. The third-order valence-electron chi connectivity index (χ3n) is 4.54. The number of urea groups is 1. The van der Waals surface area contributed by atoms with E-state index in [1.165, 1.54) is 17.7 Å². The van der Waals surface area contributed by atoms with Gasteiger partial charge in [-0.25, -0.2) is 9.18 Å². The molecule has 0 spiro atoms. The summed E-state index contributed by atoms with van der Waals surface area (Å²) in [5.41, 5.74) is 1.20. The first kappa shape index (κ1) is 20.7. The molecule has 2 rings (SSSR count). The number of halogens is 2. The van der Waals surface area contributed by atoms with E-state index in [1.807, 2.05) is 24.0 Å². The molecular weight excluding hydrogens is 329 g/mol. The summed E-state index contributed by atoms with van der Waals surface area (Å²) in [6, 6.07) is 6.88. The Kier molecular flexibility index (Phi) is 9.08. The van der Waals surface area contributed by atoms with E-state index in [-0.39, 0.29) is 24.3 Å². The predicted octanol–water partition coefficient (Wildman–Crippen LogP) is 3.48. The second-order valence-corrected chi connectivity index (χ2v) is 6.26. The number of carbonyl (C=O) groups excluding carboxylic acids is 1. The van der Waals surface area contributed by atoms with Crippen molar-refractivity contribution in [3.8, 4) is 0 Å². The summed E-state index contributed by atoms with van der Waals surface area (Å²) >= 11 is 0. The Labute approximate surface area is 150 Å². The number of piperazine rings is 1. The van der Waals surface area contributed by atoms with Crippen LogP contribution in [0.2, 0.25) is 0 Å². The van der Waals surface area contributed by atoms with Crippen molar-refractivity contribution in [1.82, 2.24) is 15.1 Å². The van der Waals surface area contributed by atoms with E-state index in [1.54, 1.807) is 0 Å². The van der Waals surface area contributed by atoms with Gasteiger partial charge in [0.2, 0.25) is 0 Å². The number of hydrogen-bond donors (Lipinski definition) is 1. The predicted molar refractivity (Wildman–Crippen MR) is 98.4 cm³/mol. The lowest BCUT2D eigenvalue weighted by molar-refractivity contribution is 0.138. The maximum atomic E-state index is 12.9. The van der Waals surface area contributed by atoms with Crippen LogP contribution in [0.3, 0.4) is 0 Å². The maximum Gasteiger partial charge on any atom is 0.317 e. The Morgan fingerprint density at radius 2 is 1.83 bits per heavy atom. The Morgan fingerprint density at radius 1 is 1.21 bits per heavy atom. The molecule has 1 fully saturated rings. The number of benzene rings is 1. The van der Waals surface area contributed by atoms with Crippen LogP contribution in [0, 0.1) is 5.82 Å². The van der Waals surface area contributed by atoms with E-state index < -0.39 is 0 Å². The van der Waals surface area contributed by atoms with Crippen molar-refractivity contribution in [2.75, 3.05) is 39.3 Å². The van der Waals surface area contributed by atoms with Crippen LogP contribution >= 0.6 is 12.4 Å². The van der Waals surface area contributed by atoms with Gasteiger partial charge < -0.3 is 10.2 Å². The lowest BCUT2D eigenvalue weighted by atomic mass is 9.96. The zero-order valence-corrected chi connectivity index (χ0v) is 15.4. The van der Waals surface area contributed by atoms with Crippen molar-refractivity contribution in [3.05, 3.63) is 35.6 Å². The van der Waals surface area contributed by atoms with Crippen molar-refractivity contribution < 1.29 is 9.18 Å². The Morgan fingerprint density at radius 3 is 2.42 bits per heavy atom. The normalized spacial score (nSPS) is 16.4. The first-order valence-corrected chi connectivity index (χ1v) is 8.60. The molecule has 0 aromatic heterocycles. The van der Waals surface area contributed by atoms with Crippen molar-refractivity contribution in [3.63, 3.8) is 0 Å². The second-order valence-electron chi connectivity index (χ2n) is 6.26. The molecule has 24 heavy (non-hydrogen) atoms. The SMILES string of the molecule is CCNC(=O)N1CCN(CCCC(C)c2ccc(F)cc2)CC1.Cl. The average molecular weight is 358 g/mol. The molecule has 2 amide bonds. The number of amides is 2. The minimum atomic E-state index is -0.175. The standard InChI is InChI=1S/C18H28FN3O.ClH/c1-3-20-18(23)22-13-11-21(12-14-22)10-4-5-15(2)16-6-8-17(19)9-7-16;/h6-9,15H,3-5,10-14H2,1-2H3,(H,20,23);1H. The largest absolute Gasteiger partial charge is 0.338 e. The van der Waals surface area contributed by atoms with Crippen LogP contribution in [0.1, 0.15) is 38.2 Å². The first-order valence-electron chi connectivity index (χ1n) is 8.60. The van der Waals surface area contributed by atoms with E-state index in [9.17, 15) is 9.18 Å². The fraction of sp³-hybridized carbons (Fsp3) is 0.611. The molecule has 1 atom stereocenters. The number of carbonyl (C=O) groups is 1. The zero-order chi connectivity index (χ0) is 16.7. The molecule has 4 nitrogen and oxygen atoms in total. The van der Waals surface area contributed by atoms with Gasteiger partial charge in [-0.2, -0.15) is 0 Å². The van der Waals surface area contributed by atoms with Gasteiger partial charge in [0.05, 0.1) is 0 Å². The maximum absolute atomic E-state index is 12.9. The van der Waals surface area contributed by atoms with Gasteiger partial charge >= 0.3 is 6.03 Å². The van der Waals surface area contributed by atoms with E-state index in [0.717, 1.165) is 45.6 Å². The fourth-order valence-corrected chi connectivity index (χ4v) is 3.02. The molecule has 1 aliphatic rings. The van der Waals surface area contributed by atoms with Gasteiger partial charge in [0.25, 0.3) is 0 Å². The van der Waals surface area contributed by atoms with Crippen molar-refractivity contribution in [2.24, 2.45) is 0 Å². The van der Waals surface area contributed by atoms with Crippen LogP contribution in [0.15, 0.2) is 24.3 Å². The topological polar surface area (TPSA) is 35.6 Å². The van der Waals surface area contributed by atoms with Crippen LogP contribution in [0.4, 0.5) is 9.18 Å². The van der Waals surface area contributed by atoms with Crippen LogP contribution in [0.5, 0.6) is 0 Å². The van der Waals surface area contributed by atoms with Gasteiger partial charge in [-0.3, -0.25) is 4.90 Å². The Hall–Kier alpha value is -1.33. The molecule has 136 valence electrons. The molecular formula is C18H29ClFN3O. The smallest absolute Gasteiger partial charge is 0.317 e. The summed E-state index contributed by atoms with van der Waals surface area (Å²) in [7, 11) is 0. The summed E-state index contributed by atoms with van der Waals surface area (Å²) in [6.45, 7) is 9.38. The van der Waals surface area contributed by atoms with Crippen molar-refractivity contribution in [1.29, 1.82) is 0 Å². The van der Waals surface area contributed by atoms with Crippen LogP contribution in [-0.2, 0) is 0 Å². The van der Waals surface area contributed by atoms with Crippen LogP contribution in [-0.4, -0.2) is 55.1 Å². The number of nitrogens with zero attached hydrogens (tertiary/aromatic N) is 2. The van der Waals surface area contributed by atoms with E-state index in [2.05, 4.69) is 17.1 Å². The number of hydrogen-bond acceptors (Lipinski definition) is 2. The lowest BCUT2D eigenvalue weighted by Gasteiger charge is -2.34. The van der Waals surface area contributed by atoms with Crippen LogP contribution < -0.4 is 5.32 Å². The summed E-state index contributed by atoms with van der Waals surface area (Å²) in [6.07, 6.45) is 2.22. The van der Waals surface area contributed by atoms with E-state index in [0.29, 0.717) is 12.5 Å². The highest BCUT2D eigenvalue weighted by Gasteiger charge is 2.20. The molecule has 1 unspecified atom stereocenters. The zero-order valence-electron chi connectivity index (χ0n) is 14.6. The average Bonchev–Trinajstić information content (AvgIpc) is 2.56. The molecule has 0 bridgehead atoms. The summed E-state index contributed by atoms with van der Waals surface area (Å²) < 4.78 is 12.9. The van der Waals surface area contributed by atoms with Crippen molar-refractivity contribution in [2.45, 2.75) is 32.6 Å². The number of nitrogens with one attached hydrogen (secondary N) is 1. The van der Waals surface area contributed by atoms with Gasteiger partial charge in [-0.05, 0) is 49.9 Å². The molecule has 1 aromatic carbocycles. The minimum Gasteiger partial charge on any atom is -0.338 e. The molecule has 1 saturated heterocycles. The van der Waals surface area contributed by atoms with Gasteiger partial charge in [0.1, 0.15) is 5.82 Å². The first-order chi connectivity index (χ1) is 11.1. The third kappa shape index (κ3) is 6.29. The van der Waals surface area contributed by atoms with Gasteiger partial charge in [-0.15, -0.1) is 12.4 Å². The highest BCUT2D eigenvalue weighted by Crippen LogP contribution is 2.21. The molecule has 0 saturated carbocycles. The van der Waals surface area contributed by atoms with Crippen LogP contribution in [0.25, 0.3) is 0 Å². The van der Waals surface area contributed by atoms with Gasteiger partial charge in [0, 0.05) is 32.7 Å². The molecule has 0 radical (unpaired) electrons. The van der Waals surface area contributed by atoms with Crippen molar-refractivity contribution >= 4 is 18.4 Å². The Balaban J connectivity index is 0.00000288. The molecule has 0 aliphatic carbocycles. The quantitative estimate of drug-likeness (QED) is 0.846. The monoisotopic (exact) mass is 357 g/mol. The Bertz CT molecular complexity index is 490. The second kappa shape index (κ2) is 10.5. The third-order valence-corrected chi connectivity index (χ3v) is 4.54. The van der Waals surface area contributed by atoms with Gasteiger partial charge in [-0.1, -0.05) is 19.1 Å².